The topological polar surface area (TPSA) is 91.3 Å². The molecule has 1 N–H and O–H groups in total. The van der Waals surface area contributed by atoms with Gasteiger partial charge in [-0.3, -0.25) is 4.79 Å². The first-order valence-corrected chi connectivity index (χ1v) is 7.59. The Bertz CT molecular complexity index is 627. The van der Waals surface area contributed by atoms with Gasteiger partial charge in [0.05, 0.1) is 18.7 Å². The van der Waals surface area contributed by atoms with E-state index in [-0.39, 0.29) is 18.7 Å². The van der Waals surface area contributed by atoms with Crippen LogP contribution in [-0.2, 0) is 22.4 Å². The number of hydrogen-bond acceptors (Lipinski definition) is 6. The van der Waals surface area contributed by atoms with E-state index in [2.05, 4.69) is 10.3 Å². The van der Waals surface area contributed by atoms with Gasteiger partial charge in [-0.2, -0.15) is 0 Å². The minimum absolute atomic E-state index is 0.128. The SMILES string of the molecule is O=C([O-])Cc1csc(CC(=O)NCCOc2ccccc2)n1. The van der Waals surface area contributed by atoms with Crippen molar-refractivity contribution >= 4 is 23.2 Å². The fourth-order valence-corrected chi connectivity index (χ4v) is 2.53. The van der Waals surface area contributed by atoms with Crippen LogP contribution in [0, 0.1) is 0 Å². The van der Waals surface area contributed by atoms with E-state index in [4.69, 9.17) is 4.74 Å². The predicted octanol–water partition coefficient (Wildman–Crippen LogP) is 0.173. The highest BCUT2D eigenvalue weighted by atomic mass is 32.1. The molecule has 1 amide bonds. The van der Waals surface area contributed by atoms with Crippen molar-refractivity contribution in [3.8, 4) is 5.75 Å². The number of carboxylic acid groups (broad SMARTS) is 1. The van der Waals surface area contributed by atoms with Crippen molar-refractivity contribution in [1.82, 2.24) is 10.3 Å². The Morgan fingerprint density at radius 1 is 1.23 bits per heavy atom. The van der Waals surface area contributed by atoms with E-state index < -0.39 is 5.97 Å². The summed E-state index contributed by atoms with van der Waals surface area (Å²) in [5, 5.41) is 15.4. The van der Waals surface area contributed by atoms with Crippen molar-refractivity contribution < 1.29 is 19.4 Å². The Kier molecular flexibility index (Phi) is 5.91. The predicted molar refractivity (Wildman–Crippen MR) is 79.5 cm³/mol. The third-order valence-electron chi connectivity index (χ3n) is 2.67. The second-order valence-corrected chi connectivity index (χ2v) is 5.41. The van der Waals surface area contributed by atoms with Crippen molar-refractivity contribution in [2.75, 3.05) is 13.2 Å². The van der Waals surface area contributed by atoms with Crippen molar-refractivity contribution in [1.29, 1.82) is 0 Å². The van der Waals surface area contributed by atoms with E-state index in [1.165, 1.54) is 11.3 Å². The quantitative estimate of drug-likeness (QED) is 0.701. The van der Waals surface area contributed by atoms with Crippen molar-refractivity contribution in [2.24, 2.45) is 0 Å². The van der Waals surface area contributed by atoms with Crippen molar-refractivity contribution in [3.63, 3.8) is 0 Å². The number of benzene rings is 1. The van der Waals surface area contributed by atoms with Crippen molar-refractivity contribution in [3.05, 3.63) is 46.4 Å². The third kappa shape index (κ3) is 5.53. The summed E-state index contributed by atoms with van der Waals surface area (Å²) in [4.78, 5) is 26.3. The fourth-order valence-electron chi connectivity index (χ4n) is 1.74. The molecule has 2 aromatic rings. The molecule has 0 atom stereocenters. The zero-order valence-electron chi connectivity index (χ0n) is 11.8. The molecule has 1 aromatic heterocycles. The number of aromatic nitrogens is 1. The lowest BCUT2D eigenvalue weighted by molar-refractivity contribution is -0.304. The van der Waals surface area contributed by atoms with Gasteiger partial charge in [-0.25, -0.2) is 4.98 Å². The van der Waals surface area contributed by atoms with Crippen LogP contribution in [0.4, 0.5) is 0 Å². The maximum atomic E-state index is 11.7. The first-order valence-electron chi connectivity index (χ1n) is 6.71. The highest BCUT2D eigenvalue weighted by Crippen LogP contribution is 2.11. The fraction of sp³-hybridized carbons (Fsp3) is 0.267. The van der Waals surface area contributed by atoms with Crippen LogP contribution < -0.4 is 15.2 Å². The summed E-state index contributed by atoms with van der Waals surface area (Å²) in [6.45, 7) is 0.772. The van der Waals surface area contributed by atoms with Gasteiger partial charge in [0.1, 0.15) is 17.4 Å². The van der Waals surface area contributed by atoms with E-state index in [1.807, 2.05) is 30.3 Å². The van der Waals surface area contributed by atoms with Gasteiger partial charge in [0.15, 0.2) is 0 Å². The number of aliphatic carboxylic acids is 1. The Morgan fingerprint density at radius 3 is 2.73 bits per heavy atom. The average Bonchev–Trinajstić information content (AvgIpc) is 2.91. The van der Waals surface area contributed by atoms with Crippen LogP contribution in [0.3, 0.4) is 0 Å². The zero-order chi connectivity index (χ0) is 15.8. The summed E-state index contributed by atoms with van der Waals surface area (Å²) in [5.74, 6) is -0.603. The Labute approximate surface area is 131 Å². The largest absolute Gasteiger partial charge is 0.550 e. The molecule has 22 heavy (non-hydrogen) atoms. The summed E-state index contributed by atoms with van der Waals surface area (Å²) in [7, 11) is 0. The number of nitrogens with zero attached hydrogens (tertiary/aromatic N) is 1. The normalized spacial score (nSPS) is 10.2. The second kappa shape index (κ2) is 8.14. The molecule has 0 aliphatic carbocycles. The number of nitrogens with one attached hydrogen (secondary N) is 1. The zero-order valence-corrected chi connectivity index (χ0v) is 12.6. The van der Waals surface area contributed by atoms with Gasteiger partial charge in [0, 0.05) is 17.8 Å². The molecule has 1 aromatic carbocycles. The molecule has 0 saturated heterocycles. The van der Waals surface area contributed by atoms with E-state index in [1.54, 1.807) is 5.38 Å². The Hall–Kier alpha value is -2.41. The van der Waals surface area contributed by atoms with E-state index >= 15 is 0 Å². The molecule has 0 unspecified atom stereocenters. The van der Waals surface area contributed by atoms with Gasteiger partial charge >= 0.3 is 0 Å². The van der Waals surface area contributed by atoms with Crippen LogP contribution in [0.25, 0.3) is 0 Å². The number of carboxylic acids is 1. The number of hydrogen-bond donors (Lipinski definition) is 1. The van der Waals surface area contributed by atoms with Gasteiger partial charge in [-0.1, -0.05) is 18.2 Å². The number of para-hydroxylation sites is 1. The molecule has 6 nitrogen and oxygen atoms in total. The molecule has 0 aliphatic rings. The van der Waals surface area contributed by atoms with Crippen LogP contribution in [-0.4, -0.2) is 30.0 Å². The molecule has 0 spiro atoms. The van der Waals surface area contributed by atoms with Gasteiger partial charge in [-0.15, -0.1) is 11.3 Å². The maximum absolute atomic E-state index is 11.7. The van der Waals surface area contributed by atoms with Crippen molar-refractivity contribution in [2.45, 2.75) is 12.8 Å². The first kappa shape index (κ1) is 16.0. The summed E-state index contributed by atoms with van der Waals surface area (Å²) in [6.07, 6.45) is -0.105. The van der Waals surface area contributed by atoms with Gasteiger partial charge in [0.2, 0.25) is 5.91 Å². The molecule has 0 bridgehead atoms. The number of carbonyl (C=O) groups is 2. The summed E-state index contributed by atoms with van der Waals surface area (Å²) >= 11 is 1.26. The molecular weight excluding hydrogens is 304 g/mol. The monoisotopic (exact) mass is 319 g/mol. The number of carbonyl (C=O) groups excluding carboxylic acids is 2. The third-order valence-corrected chi connectivity index (χ3v) is 3.57. The summed E-state index contributed by atoms with van der Waals surface area (Å²) in [6, 6.07) is 9.34. The highest BCUT2D eigenvalue weighted by Gasteiger charge is 2.08. The summed E-state index contributed by atoms with van der Waals surface area (Å²) in [5.41, 5.74) is 0.417. The standard InChI is InChI=1S/C15H16N2O4S/c18-13(9-14-17-11(10-22-14)8-15(19)20)16-6-7-21-12-4-2-1-3-5-12/h1-5,10H,6-9H2,(H,16,18)(H,19,20)/p-1. The lowest BCUT2D eigenvalue weighted by Gasteiger charge is -2.06. The molecule has 1 heterocycles. The van der Waals surface area contributed by atoms with Crippen LogP contribution in [0.2, 0.25) is 0 Å². The molecular formula is C15H15N2O4S-. The van der Waals surface area contributed by atoms with Crippen LogP contribution in [0.1, 0.15) is 10.7 Å². The number of rotatable bonds is 8. The average molecular weight is 319 g/mol. The van der Waals surface area contributed by atoms with Crippen LogP contribution >= 0.6 is 11.3 Å². The number of ether oxygens (including phenoxy) is 1. The van der Waals surface area contributed by atoms with Gasteiger partial charge in [0.25, 0.3) is 0 Å². The number of amides is 1. The van der Waals surface area contributed by atoms with E-state index in [0.29, 0.717) is 23.9 Å². The first-order chi connectivity index (χ1) is 10.6. The Morgan fingerprint density at radius 2 is 2.00 bits per heavy atom. The molecule has 2 rings (SSSR count). The van der Waals surface area contributed by atoms with Crippen LogP contribution in [0.15, 0.2) is 35.7 Å². The molecule has 0 aliphatic heterocycles. The van der Waals surface area contributed by atoms with E-state index in [9.17, 15) is 14.7 Å². The molecule has 0 saturated carbocycles. The maximum Gasteiger partial charge on any atom is 0.226 e. The number of thiazole rings is 1. The lowest BCUT2D eigenvalue weighted by atomic mass is 10.3. The minimum Gasteiger partial charge on any atom is -0.550 e. The van der Waals surface area contributed by atoms with E-state index in [0.717, 1.165) is 5.75 Å². The van der Waals surface area contributed by atoms with Gasteiger partial charge in [-0.05, 0) is 12.1 Å². The van der Waals surface area contributed by atoms with Gasteiger partial charge < -0.3 is 20.0 Å². The molecule has 7 heteroatoms. The highest BCUT2D eigenvalue weighted by molar-refractivity contribution is 7.09. The summed E-state index contributed by atoms with van der Waals surface area (Å²) < 4.78 is 5.45. The molecule has 116 valence electrons. The smallest absolute Gasteiger partial charge is 0.226 e. The minimum atomic E-state index is -1.18. The Balaban J connectivity index is 1.67. The molecule has 0 fully saturated rings. The molecule has 0 radical (unpaired) electrons. The van der Waals surface area contributed by atoms with Crippen LogP contribution in [0.5, 0.6) is 5.75 Å². The second-order valence-electron chi connectivity index (χ2n) is 4.47. The lowest BCUT2D eigenvalue weighted by Crippen LogP contribution is -2.29.